The average molecular weight is 322 g/mol. The Morgan fingerprint density at radius 2 is 0.727 bits per heavy atom. The first-order valence-electron chi connectivity index (χ1n) is 0.548. The Kier molecular flexibility index (Phi) is 710. The van der Waals surface area contributed by atoms with E-state index in [1.165, 1.54) is 0 Å². The predicted octanol–water partition coefficient (Wildman–Crippen LogP) is -5.19. The Labute approximate surface area is 102 Å². The van der Waals surface area contributed by atoms with E-state index in [4.69, 9.17) is 15.3 Å². The standard InChI is InChI=1S/Eu.NO3.6H2O/c;2-1(3)4;;;;;;/h;;6*1H2/q+2;-1;;;;;;. The summed E-state index contributed by atoms with van der Waals surface area (Å²) >= 11 is 0. The number of rotatable bonds is 0. The third-order valence-corrected chi connectivity index (χ3v) is 0. The van der Waals surface area contributed by atoms with Gasteiger partial charge in [-0.15, -0.1) is 0 Å². The molecular weight excluding hydrogens is 310 g/mol. The Balaban J connectivity index is -0.00000000214. The first-order valence-corrected chi connectivity index (χ1v) is 0.548. The van der Waals surface area contributed by atoms with Crippen LogP contribution < -0.4 is 0 Å². The van der Waals surface area contributed by atoms with Crippen LogP contribution in [0.1, 0.15) is 0 Å². The van der Waals surface area contributed by atoms with Crippen molar-refractivity contribution in [1.82, 2.24) is 0 Å². The molecule has 0 atom stereocenters. The van der Waals surface area contributed by atoms with Gasteiger partial charge in [-0.25, -0.2) is 0 Å². The fraction of sp³-hybridized carbons (Fsp3) is 0. The Morgan fingerprint density at radius 1 is 0.727 bits per heavy atom. The van der Waals surface area contributed by atoms with Crippen LogP contribution >= 0.6 is 0 Å². The smallest absolute Gasteiger partial charge is 0.412 e. The van der Waals surface area contributed by atoms with Crippen molar-refractivity contribution in [1.29, 1.82) is 0 Å². The molecule has 11 heavy (non-hydrogen) atoms. The topological polar surface area (TPSA) is 255 Å². The Hall–Kier alpha value is 0.544. The van der Waals surface area contributed by atoms with Crippen LogP contribution in [0.25, 0.3) is 0 Å². The zero-order valence-corrected chi connectivity index (χ0v) is 7.48. The first kappa shape index (κ1) is 102. The van der Waals surface area contributed by atoms with Gasteiger partial charge in [0.25, 0.3) is 0 Å². The van der Waals surface area contributed by atoms with Gasteiger partial charge < -0.3 is 48.2 Å². The maximum atomic E-state index is 8.25. The number of hydrogen-bond acceptors (Lipinski definition) is 3. The molecule has 77 valence electrons. The summed E-state index contributed by atoms with van der Waals surface area (Å²) in [7, 11) is 0. The van der Waals surface area contributed by atoms with Gasteiger partial charge in [0, 0.05) is 0 Å². The molecule has 0 bridgehead atoms. The second-order valence-electron chi connectivity index (χ2n) is 0.224. The van der Waals surface area contributed by atoms with E-state index in [-0.39, 0.29) is 82.2 Å². The minimum Gasteiger partial charge on any atom is -0.412 e. The van der Waals surface area contributed by atoms with Crippen molar-refractivity contribution < 1.29 is 87.3 Å². The maximum Gasteiger partial charge on any atom is 2.00 e. The van der Waals surface area contributed by atoms with Crippen molar-refractivity contribution in [2.75, 3.05) is 0 Å². The van der Waals surface area contributed by atoms with Crippen LogP contribution in [0.3, 0.4) is 0 Å². The zero-order valence-electron chi connectivity index (χ0n) is 5.05. The summed E-state index contributed by atoms with van der Waals surface area (Å²) in [6, 6.07) is 0. The van der Waals surface area contributed by atoms with Gasteiger partial charge in [-0.1, -0.05) is 0 Å². The van der Waals surface area contributed by atoms with Gasteiger partial charge in [0.05, 0.1) is 5.09 Å². The second kappa shape index (κ2) is 76.5. The number of hydrogen-bond donors (Lipinski definition) is 0. The van der Waals surface area contributed by atoms with E-state index < -0.39 is 5.09 Å². The molecule has 1 radical (unpaired) electrons. The van der Waals surface area contributed by atoms with Crippen LogP contribution in [0.4, 0.5) is 0 Å². The van der Waals surface area contributed by atoms with E-state index in [1.807, 2.05) is 0 Å². The van der Waals surface area contributed by atoms with Crippen molar-refractivity contribution in [2.45, 2.75) is 0 Å². The molecule has 0 aliphatic heterocycles. The molecule has 0 aliphatic rings. The average Bonchev–Trinajstić information content (AvgIpc) is 0.811. The van der Waals surface area contributed by atoms with E-state index in [0.717, 1.165) is 0 Å². The molecule has 0 aromatic rings. The molecule has 0 spiro atoms. The van der Waals surface area contributed by atoms with E-state index in [1.54, 1.807) is 0 Å². The molecule has 0 rings (SSSR count). The molecule has 10 nitrogen and oxygen atoms in total. The van der Waals surface area contributed by atoms with Crippen LogP contribution in [0.15, 0.2) is 0 Å². The third-order valence-electron chi connectivity index (χ3n) is 0. The van der Waals surface area contributed by atoms with Gasteiger partial charge in [-0.05, 0) is 0 Å². The molecule has 0 unspecified atom stereocenters. The zero-order chi connectivity index (χ0) is 3.58. The van der Waals surface area contributed by atoms with Crippen molar-refractivity contribution >= 4 is 0 Å². The molecule has 0 aliphatic carbocycles. The largest absolute Gasteiger partial charge is 2.00 e. The number of nitrogens with zero attached hydrogens (tertiary/aromatic N) is 1. The Bertz CT molecular complexity index is 32.5. The monoisotopic (exact) mass is 323 g/mol. The van der Waals surface area contributed by atoms with Gasteiger partial charge >= 0.3 is 49.4 Å². The molecule has 0 fully saturated rings. The Morgan fingerprint density at radius 3 is 0.727 bits per heavy atom. The summed E-state index contributed by atoms with van der Waals surface area (Å²) in [4.78, 5) is 8.25. The summed E-state index contributed by atoms with van der Waals surface area (Å²) in [6.45, 7) is 0. The van der Waals surface area contributed by atoms with Crippen molar-refractivity contribution in [3.63, 3.8) is 0 Å². The van der Waals surface area contributed by atoms with Crippen LogP contribution in [-0.2, 0) is 0 Å². The molecule has 0 amide bonds. The van der Waals surface area contributed by atoms with Crippen molar-refractivity contribution in [2.24, 2.45) is 0 Å². The normalized spacial score (nSPS) is 2.18. The van der Waals surface area contributed by atoms with E-state index in [0.29, 0.717) is 0 Å². The van der Waals surface area contributed by atoms with Crippen LogP contribution in [-0.4, -0.2) is 37.9 Å². The maximum absolute atomic E-state index is 8.25. The quantitative estimate of drug-likeness (QED) is 0.313. The minimum atomic E-state index is -1.75. The molecule has 12 N–H and O–H groups in total. The minimum absolute atomic E-state index is 0. The second-order valence-corrected chi connectivity index (χ2v) is 0.224. The van der Waals surface area contributed by atoms with Gasteiger partial charge in [-0.2, -0.15) is 0 Å². The van der Waals surface area contributed by atoms with Gasteiger partial charge in [0.2, 0.25) is 0 Å². The first-order chi connectivity index (χ1) is 1.73. The molecule has 0 saturated heterocycles. The summed E-state index contributed by atoms with van der Waals surface area (Å²) in [5.41, 5.74) is 0. The van der Waals surface area contributed by atoms with E-state index in [9.17, 15) is 0 Å². The molecule has 0 aromatic carbocycles. The summed E-state index contributed by atoms with van der Waals surface area (Å²) in [5, 5.41) is 14.8. The molecule has 0 aromatic heterocycles. The van der Waals surface area contributed by atoms with Crippen molar-refractivity contribution in [3.8, 4) is 0 Å². The van der Waals surface area contributed by atoms with Crippen LogP contribution in [0.2, 0.25) is 0 Å². The molecular formula is H12EuNO9+. The van der Waals surface area contributed by atoms with Gasteiger partial charge in [0.15, 0.2) is 0 Å². The fourth-order valence-corrected chi connectivity index (χ4v) is 0. The summed E-state index contributed by atoms with van der Waals surface area (Å²) < 4.78 is 0. The van der Waals surface area contributed by atoms with Gasteiger partial charge in [-0.3, -0.25) is 0 Å². The summed E-state index contributed by atoms with van der Waals surface area (Å²) in [5.74, 6) is 0. The van der Waals surface area contributed by atoms with Gasteiger partial charge in [0.1, 0.15) is 0 Å². The molecule has 0 heterocycles. The van der Waals surface area contributed by atoms with E-state index in [2.05, 4.69) is 0 Å². The molecule has 0 saturated carbocycles. The molecule has 11 heteroatoms. The predicted molar refractivity (Wildman–Crippen MR) is 32.0 cm³/mol. The summed E-state index contributed by atoms with van der Waals surface area (Å²) in [6.07, 6.45) is 0. The van der Waals surface area contributed by atoms with Crippen molar-refractivity contribution in [3.05, 3.63) is 15.3 Å². The fourth-order valence-electron chi connectivity index (χ4n) is 0. The van der Waals surface area contributed by atoms with Crippen LogP contribution in [0.5, 0.6) is 0 Å². The van der Waals surface area contributed by atoms with E-state index >= 15 is 0 Å². The SMILES string of the molecule is O.O.O.O.O.O.O=[N+]([O-])[O-].[Eu+2]. The third kappa shape index (κ3) is 2600. The van der Waals surface area contributed by atoms with Crippen LogP contribution in [0, 0.1) is 64.7 Å².